The molecule has 0 unspecified atom stereocenters. The molecular weight excluding hydrogens is 358 g/mol. The number of nitrogens with zero attached hydrogens (tertiary/aromatic N) is 3. The second-order valence-electron chi connectivity index (χ2n) is 4.12. The van der Waals surface area contributed by atoms with E-state index in [0.29, 0.717) is 16.9 Å². The van der Waals surface area contributed by atoms with Gasteiger partial charge in [0.05, 0.1) is 22.3 Å². The molecule has 0 saturated heterocycles. The third-order valence-corrected chi connectivity index (χ3v) is 3.93. The van der Waals surface area contributed by atoms with Crippen LogP contribution in [0, 0.1) is 0 Å². The summed E-state index contributed by atoms with van der Waals surface area (Å²) in [5.41, 5.74) is 0.761. The first-order valence-corrected chi connectivity index (χ1v) is 7.56. The van der Waals surface area contributed by atoms with Crippen LogP contribution in [0.2, 0.25) is 5.02 Å². The number of anilines is 3. The van der Waals surface area contributed by atoms with Crippen molar-refractivity contribution in [2.75, 3.05) is 24.3 Å². The molecule has 1 aromatic carbocycles. The van der Waals surface area contributed by atoms with Gasteiger partial charge in [-0.25, -0.2) is 0 Å². The Morgan fingerprint density at radius 1 is 1.24 bits per heavy atom. The van der Waals surface area contributed by atoms with Gasteiger partial charge in [-0.3, -0.25) is 0 Å². The molecule has 112 valence electrons. The van der Waals surface area contributed by atoms with E-state index >= 15 is 0 Å². The molecule has 0 bridgehead atoms. The first-order chi connectivity index (χ1) is 10.1. The molecule has 0 aliphatic rings. The average molecular weight is 373 g/mol. The van der Waals surface area contributed by atoms with Crippen molar-refractivity contribution in [1.82, 2.24) is 15.0 Å². The molecule has 6 nitrogen and oxygen atoms in total. The number of methoxy groups -OCH3 is 1. The Balaban J connectivity index is 2.28. The fourth-order valence-corrected chi connectivity index (χ4v) is 2.08. The number of rotatable bonds is 6. The Morgan fingerprint density at radius 2 is 2.00 bits per heavy atom. The van der Waals surface area contributed by atoms with Gasteiger partial charge in [-0.15, -0.1) is 0 Å². The van der Waals surface area contributed by atoms with Crippen LogP contribution in [0.3, 0.4) is 0 Å². The molecule has 8 heteroatoms. The minimum Gasteiger partial charge on any atom is -0.467 e. The Labute approximate surface area is 136 Å². The third kappa shape index (κ3) is 4.18. The molecule has 0 atom stereocenters. The van der Waals surface area contributed by atoms with Crippen molar-refractivity contribution in [3.8, 4) is 6.01 Å². The molecule has 0 amide bonds. The van der Waals surface area contributed by atoms with Crippen molar-refractivity contribution < 1.29 is 4.74 Å². The summed E-state index contributed by atoms with van der Waals surface area (Å²) in [5.74, 6) is 0.841. The van der Waals surface area contributed by atoms with E-state index in [9.17, 15) is 0 Å². The van der Waals surface area contributed by atoms with Gasteiger partial charge in [0.1, 0.15) is 0 Å². The average Bonchev–Trinajstić information content (AvgIpc) is 2.49. The van der Waals surface area contributed by atoms with E-state index in [1.807, 2.05) is 12.1 Å². The van der Waals surface area contributed by atoms with E-state index in [1.165, 1.54) is 7.11 Å². The zero-order valence-corrected chi connectivity index (χ0v) is 14.0. The molecular formula is C13H15BrClN5O. The van der Waals surface area contributed by atoms with Crippen molar-refractivity contribution >= 4 is 45.1 Å². The Hall–Kier alpha value is -1.60. The highest BCUT2D eigenvalue weighted by Crippen LogP contribution is 2.31. The molecule has 0 aliphatic heterocycles. The zero-order chi connectivity index (χ0) is 15.2. The summed E-state index contributed by atoms with van der Waals surface area (Å²) in [4.78, 5) is 12.6. The van der Waals surface area contributed by atoms with Crippen LogP contribution in [-0.2, 0) is 0 Å². The molecule has 2 rings (SSSR count). The van der Waals surface area contributed by atoms with Crippen LogP contribution in [0.25, 0.3) is 0 Å². The lowest BCUT2D eigenvalue weighted by Gasteiger charge is -2.10. The van der Waals surface area contributed by atoms with Crippen LogP contribution >= 0.6 is 27.5 Å². The van der Waals surface area contributed by atoms with E-state index in [4.69, 9.17) is 16.3 Å². The van der Waals surface area contributed by atoms with Crippen LogP contribution in [0.5, 0.6) is 6.01 Å². The number of benzene rings is 1. The third-order valence-electron chi connectivity index (χ3n) is 2.53. The van der Waals surface area contributed by atoms with Crippen LogP contribution in [0.1, 0.15) is 13.3 Å². The van der Waals surface area contributed by atoms with Crippen molar-refractivity contribution in [3.63, 3.8) is 0 Å². The summed E-state index contributed by atoms with van der Waals surface area (Å²) in [6.07, 6.45) is 0.969. The number of hydrogen-bond donors (Lipinski definition) is 2. The lowest BCUT2D eigenvalue weighted by Crippen LogP contribution is -2.09. The molecule has 0 fully saturated rings. The summed E-state index contributed by atoms with van der Waals surface area (Å²) in [6.45, 7) is 2.83. The van der Waals surface area contributed by atoms with E-state index < -0.39 is 0 Å². The highest BCUT2D eigenvalue weighted by molar-refractivity contribution is 9.10. The summed E-state index contributed by atoms with van der Waals surface area (Å²) in [6, 6.07) is 5.73. The second-order valence-corrected chi connectivity index (χ2v) is 5.32. The summed E-state index contributed by atoms with van der Waals surface area (Å²) in [5, 5.41) is 6.79. The summed E-state index contributed by atoms with van der Waals surface area (Å²) in [7, 11) is 1.51. The van der Waals surface area contributed by atoms with Gasteiger partial charge >= 0.3 is 6.01 Å². The van der Waals surface area contributed by atoms with Gasteiger partial charge in [-0.05, 0) is 34.5 Å². The molecule has 0 aliphatic carbocycles. The van der Waals surface area contributed by atoms with E-state index in [2.05, 4.69) is 48.4 Å². The van der Waals surface area contributed by atoms with Gasteiger partial charge in [0.2, 0.25) is 11.9 Å². The molecule has 2 N–H and O–H groups in total. The zero-order valence-electron chi connectivity index (χ0n) is 11.7. The topological polar surface area (TPSA) is 72.0 Å². The van der Waals surface area contributed by atoms with Gasteiger partial charge in [-0.1, -0.05) is 24.6 Å². The molecule has 0 spiro atoms. The molecule has 21 heavy (non-hydrogen) atoms. The van der Waals surface area contributed by atoms with Gasteiger partial charge in [0.25, 0.3) is 0 Å². The highest BCUT2D eigenvalue weighted by atomic mass is 79.9. The standard InChI is InChI=1S/C13H15BrClN5O/c1-3-7-16-11-18-12(20-13(19-11)21-2)17-9-6-4-5-8(15)10(9)14/h4-6H,3,7H2,1-2H3,(H2,16,17,18,19,20). The fraction of sp³-hybridized carbons (Fsp3) is 0.308. The number of ether oxygens (including phenoxy) is 1. The fourth-order valence-electron chi connectivity index (χ4n) is 1.54. The SMILES string of the molecule is CCCNc1nc(Nc2cccc(Cl)c2Br)nc(OC)n1. The van der Waals surface area contributed by atoms with Crippen LogP contribution in [0.15, 0.2) is 22.7 Å². The van der Waals surface area contributed by atoms with Gasteiger partial charge in [0, 0.05) is 6.54 Å². The van der Waals surface area contributed by atoms with Crippen molar-refractivity contribution in [3.05, 3.63) is 27.7 Å². The van der Waals surface area contributed by atoms with Gasteiger partial charge in [-0.2, -0.15) is 15.0 Å². The lowest BCUT2D eigenvalue weighted by molar-refractivity contribution is 0.379. The maximum absolute atomic E-state index is 6.06. The summed E-state index contributed by atoms with van der Waals surface area (Å²) < 4.78 is 5.83. The predicted molar refractivity (Wildman–Crippen MR) is 87.6 cm³/mol. The lowest BCUT2D eigenvalue weighted by atomic mass is 10.3. The van der Waals surface area contributed by atoms with Gasteiger partial charge in [0.15, 0.2) is 0 Å². The molecule has 2 aromatic rings. The van der Waals surface area contributed by atoms with Crippen LogP contribution in [-0.4, -0.2) is 28.6 Å². The highest BCUT2D eigenvalue weighted by Gasteiger charge is 2.09. The second kappa shape index (κ2) is 7.42. The maximum Gasteiger partial charge on any atom is 0.322 e. The van der Waals surface area contributed by atoms with E-state index in [-0.39, 0.29) is 6.01 Å². The largest absolute Gasteiger partial charge is 0.467 e. The predicted octanol–water partition coefficient (Wildman–Crippen LogP) is 3.86. The Bertz CT molecular complexity index is 626. The minimum absolute atomic E-state index is 0.240. The first kappa shape index (κ1) is 15.8. The normalized spacial score (nSPS) is 10.3. The number of nitrogens with one attached hydrogen (secondary N) is 2. The van der Waals surface area contributed by atoms with E-state index in [1.54, 1.807) is 6.07 Å². The quantitative estimate of drug-likeness (QED) is 0.802. The van der Waals surface area contributed by atoms with E-state index in [0.717, 1.165) is 23.1 Å². The molecule has 1 aromatic heterocycles. The molecule has 1 heterocycles. The van der Waals surface area contributed by atoms with Crippen LogP contribution in [0.4, 0.5) is 17.6 Å². The maximum atomic E-state index is 6.06. The number of halogens is 2. The molecule has 0 saturated carbocycles. The monoisotopic (exact) mass is 371 g/mol. The minimum atomic E-state index is 0.240. The first-order valence-electron chi connectivity index (χ1n) is 6.39. The smallest absolute Gasteiger partial charge is 0.322 e. The Kier molecular flexibility index (Phi) is 5.58. The Morgan fingerprint density at radius 3 is 2.71 bits per heavy atom. The van der Waals surface area contributed by atoms with Crippen LogP contribution < -0.4 is 15.4 Å². The van der Waals surface area contributed by atoms with Gasteiger partial charge < -0.3 is 15.4 Å². The van der Waals surface area contributed by atoms with Crippen molar-refractivity contribution in [2.24, 2.45) is 0 Å². The van der Waals surface area contributed by atoms with Crippen molar-refractivity contribution in [2.45, 2.75) is 13.3 Å². The summed E-state index contributed by atoms with van der Waals surface area (Å²) >= 11 is 9.48. The number of aromatic nitrogens is 3. The number of hydrogen-bond acceptors (Lipinski definition) is 6. The molecule has 0 radical (unpaired) electrons. The van der Waals surface area contributed by atoms with Crippen molar-refractivity contribution in [1.29, 1.82) is 0 Å².